The van der Waals surface area contributed by atoms with E-state index in [0.717, 1.165) is 10.5 Å². The van der Waals surface area contributed by atoms with E-state index in [-0.39, 0.29) is 23.3 Å². The van der Waals surface area contributed by atoms with Crippen LogP contribution in [0.2, 0.25) is 0 Å². The molecule has 0 unspecified atom stereocenters. The van der Waals surface area contributed by atoms with Crippen LogP contribution in [0, 0.1) is 17.0 Å². The van der Waals surface area contributed by atoms with Gasteiger partial charge in [-0.3, -0.25) is 19.7 Å². The first-order valence-electron chi connectivity index (χ1n) is 8.55. The number of aryl methyl sites for hydroxylation is 1. The molecule has 1 heterocycles. The molecule has 0 saturated carbocycles. The summed E-state index contributed by atoms with van der Waals surface area (Å²) < 4.78 is 0. The van der Waals surface area contributed by atoms with Crippen LogP contribution in [0.1, 0.15) is 15.2 Å². The van der Waals surface area contributed by atoms with E-state index in [1.165, 1.54) is 35.2 Å². The maximum absolute atomic E-state index is 12.3. The highest BCUT2D eigenvalue weighted by molar-refractivity contribution is 8.00. The van der Waals surface area contributed by atoms with Crippen LogP contribution >= 0.6 is 23.1 Å². The van der Waals surface area contributed by atoms with Gasteiger partial charge >= 0.3 is 0 Å². The van der Waals surface area contributed by atoms with Gasteiger partial charge in [-0.05, 0) is 42.1 Å². The molecule has 9 heteroatoms. The van der Waals surface area contributed by atoms with Crippen molar-refractivity contribution in [1.29, 1.82) is 0 Å². The molecule has 29 heavy (non-hydrogen) atoms. The summed E-state index contributed by atoms with van der Waals surface area (Å²) in [6.07, 6.45) is 0. The molecule has 0 aliphatic heterocycles. The maximum atomic E-state index is 12.3. The van der Waals surface area contributed by atoms with Crippen LogP contribution in [-0.4, -0.2) is 22.5 Å². The Morgan fingerprint density at radius 2 is 1.93 bits per heavy atom. The molecule has 148 valence electrons. The minimum absolute atomic E-state index is 0.0762. The Kier molecular flexibility index (Phi) is 6.63. The number of rotatable bonds is 7. The number of nitro benzene ring substituents is 1. The molecule has 2 N–H and O–H groups in total. The number of thiophene rings is 1. The van der Waals surface area contributed by atoms with Gasteiger partial charge in [-0.25, -0.2) is 0 Å². The van der Waals surface area contributed by atoms with Gasteiger partial charge in [0.25, 0.3) is 11.6 Å². The Labute approximate surface area is 175 Å². The molecule has 0 aliphatic carbocycles. The van der Waals surface area contributed by atoms with E-state index in [0.29, 0.717) is 16.3 Å². The minimum Gasteiger partial charge on any atom is -0.325 e. The zero-order chi connectivity index (χ0) is 20.8. The Balaban J connectivity index is 1.59. The summed E-state index contributed by atoms with van der Waals surface area (Å²) in [6, 6.07) is 15.1. The van der Waals surface area contributed by atoms with Crippen LogP contribution < -0.4 is 10.6 Å². The number of non-ortho nitro benzene ring substituents is 1. The van der Waals surface area contributed by atoms with Gasteiger partial charge in [-0.2, -0.15) is 0 Å². The SMILES string of the molecule is Cc1ccc([N+](=O)[O-])cc1NC(=O)CSc1cccc(NC(=O)c2cccs2)c1. The Bertz CT molecular complexity index is 1050. The average Bonchev–Trinajstić information content (AvgIpc) is 3.23. The van der Waals surface area contributed by atoms with Gasteiger partial charge in [0.1, 0.15) is 0 Å². The molecule has 0 atom stereocenters. The predicted octanol–water partition coefficient (Wildman–Crippen LogP) is 4.95. The van der Waals surface area contributed by atoms with E-state index >= 15 is 0 Å². The predicted molar refractivity (Wildman–Crippen MR) is 116 cm³/mol. The molecule has 0 spiro atoms. The van der Waals surface area contributed by atoms with Crippen LogP contribution in [0.15, 0.2) is 64.9 Å². The second-order valence-corrected chi connectivity index (χ2v) is 8.05. The van der Waals surface area contributed by atoms with E-state index in [1.54, 1.807) is 37.3 Å². The molecule has 2 aromatic carbocycles. The number of amides is 2. The number of nitro groups is 1. The molecule has 0 aliphatic rings. The first-order valence-corrected chi connectivity index (χ1v) is 10.4. The number of nitrogens with one attached hydrogen (secondary N) is 2. The van der Waals surface area contributed by atoms with Gasteiger partial charge in [0.15, 0.2) is 0 Å². The lowest BCUT2D eigenvalue weighted by Gasteiger charge is -2.09. The van der Waals surface area contributed by atoms with Gasteiger partial charge in [0.2, 0.25) is 5.91 Å². The van der Waals surface area contributed by atoms with E-state index in [2.05, 4.69) is 10.6 Å². The van der Waals surface area contributed by atoms with Crippen molar-refractivity contribution >= 4 is 52.0 Å². The molecule has 0 fully saturated rings. The summed E-state index contributed by atoms with van der Waals surface area (Å²) in [5.74, 6) is -0.322. The average molecular weight is 428 g/mol. The number of benzene rings is 2. The quantitative estimate of drug-likeness (QED) is 0.316. The van der Waals surface area contributed by atoms with Crippen molar-refractivity contribution in [3.63, 3.8) is 0 Å². The third-order valence-electron chi connectivity index (χ3n) is 3.91. The minimum atomic E-state index is -0.500. The van der Waals surface area contributed by atoms with Gasteiger partial charge in [0.05, 0.1) is 21.2 Å². The Morgan fingerprint density at radius 3 is 2.66 bits per heavy atom. The van der Waals surface area contributed by atoms with Crippen molar-refractivity contribution in [2.24, 2.45) is 0 Å². The molecule has 1 aromatic heterocycles. The number of hydrogen-bond donors (Lipinski definition) is 2. The summed E-state index contributed by atoms with van der Waals surface area (Å²) in [5, 5.41) is 18.3. The second kappa shape index (κ2) is 9.35. The number of nitrogens with zero attached hydrogens (tertiary/aromatic N) is 1. The first kappa shape index (κ1) is 20.6. The standard InChI is InChI=1S/C20H17N3O4S2/c1-13-7-8-15(23(26)27)11-17(13)22-19(24)12-29-16-5-2-4-14(10-16)21-20(25)18-6-3-9-28-18/h2-11H,12H2,1H3,(H,21,25)(H,22,24). The molecule has 3 aromatic rings. The van der Waals surface area contributed by atoms with Crippen molar-refractivity contribution in [3.8, 4) is 0 Å². The van der Waals surface area contributed by atoms with E-state index < -0.39 is 4.92 Å². The lowest BCUT2D eigenvalue weighted by Crippen LogP contribution is -2.15. The third-order valence-corrected chi connectivity index (χ3v) is 5.78. The topological polar surface area (TPSA) is 101 Å². The summed E-state index contributed by atoms with van der Waals surface area (Å²) in [6.45, 7) is 1.77. The van der Waals surface area contributed by atoms with Crippen LogP contribution in [0.3, 0.4) is 0 Å². The molecule has 2 amide bonds. The zero-order valence-corrected chi connectivity index (χ0v) is 17.0. The highest BCUT2D eigenvalue weighted by Gasteiger charge is 2.12. The van der Waals surface area contributed by atoms with E-state index in [1.807, 2.05) is 17.5 Å². The third kappa shape index (κ3) is 5.66. The fraction of sp³-hybridized carbons (Fsp3) is 0.100. The number of carbonyl (C=O) groups is 2. The maximum Gasteiger partial charge on any atom is 0.271 e. The van der Waals surface area contributed by atoms with Crippen molar-refractivity contribution in [3.05, 3.63) is 80.5 Å². The summed E-state index contributed by atoms with van der Waals surface area (Å²) in [7, 11) is 0. The normalized spacial score (nSPS) is 10.4. The highest BCUT2D eigenvalue weighted by Crippen LogP contribution is 2.25. The summed E-state index contributed by atoms with van der Waals surface area (Å²) >= 11 is 2.67. The molecule has 0 bridgehead atoms. The first-order chi connectivity index (χ1) is 13.9. The zero-order valence-electron chi connectivity index (χ0n) is 15.4. The molecular formula is C20H17N3O4S2. The number of thioether (sulfide) groups is 1. The number of carbonyl (C=O) groups excluding carboxylic acids is 2. The molecule has 3 rings (SSSR count). The fourth-order valence-corrected chi connectivity index (χ4v) is 3.83. The number of hydrogen-bond acceptors (Lipinski definition) is 6. The second-order valence-electron chi connectivity index (χ2n) is 6.05. The van der Waals surface area contributed by atoms with Crippen LogP contribution in [-0.2, 0) is 4.79 Å². The van der Waals surface area contributed by atoms with Crippen molar-refractivity contribution in [1.82, 2.24) is 0 Å². The Hall–Kier alpha value is -3.17. The lowest BCUT2D eigenvalue weighted by molar-refractivity contribution is -0.384. The van der Waals surface area contributed by atoms with E-state index in [9.17, 15) is 19.7 Å². The number of anilines is 2. The molecule has 0 saturated heterocycles. The molecule has 0 radical (unpaired) electrons. The van der Waals surface area contributed by atoms with Crippen LogP contribution in [0.4, 0.5) is 17.1 Å². The summed E-state index contributed by atoms with van der Waals surface area (Å²) in [5.41, 5.74) is 1.73. The largest absolute Gasteiger partial charge is 0.325 e. The van der Waals surface area contributed by atoms with Crippen LogP contribution in [0.25, 0.3) is 0 Å². The fourth-order valence-electron chi connectivity index (χ4n) is 2.46. The molecule has 7 nitrogen and oxygen atoms in total. The van der Waals surface area contributed by atoms with Crippen molar-refractivity contribution in [2.45, 2.75) is 11.8 Å². The Morgan fingerprint density at radius 1 is 1.10 bits per heavy atom. The monoisotopic (exact) mass is 427 g/mol. The van der Waals surface area contributed by atoms with Gasteiger partial charge in [0, 0.05) is 22.7 Å². The smallest absolute Gasteiger partial charge is 0.271 e. The highest BCUT2D eigenvalue weighted by atomic mass is 32.2. The van der Waals surface area contributed by atoms with Gasteiger partial charge < -0.3 is 10.6 Å². The van der Waals surface area contributed by atoms with Crippen LogP contribution in [0.5, 0.6) is 0 Å². The van der Waals surface area contributed by atoms with Gasteiger partial charge in [-0.15, -0.1) is 23.1 Å². The van der Waals surface area contributed by atoms with E-state index in [4.69, 9.17) is 0 Å². The van der Waals surface area contributed by atoms with Crippen molar-refractivity contribution < 1.29 is 14.5 Å². The summed E-state index contributed by atoms with van der Waals surface area (Å²) in [4.78, 5) is 36.3. The molecular weight excluding hydrogens is 410 g/mol. The van der Waals surface area contributed by atoms with Crippen molar-refractivity contribution in [2.75, 3.05) is 16.4 Å². The van der Waals surface area contributed by atoms with Gasteiger partial charge in [-0.1, -0.05) is 18.2 Å². The lowest BCUT2D eigenvalue weighted by atomic mass is 10.2.